The van der Waals surface area contributed by atoms with Crippen LogP contribution in [0.2, 0.25) is 5.02 Å². The molecule has 29 heavy (non-hydrogen) atoms. The predicted molar refractivity (Wildman–Crippen MR) is 122 cm³/mol. The summed E-state index contributed by atoms with van der Waals surface area (Å²) in [6.07, 6.45) is 8.48. The van der Waals surface area contributed by atoms with Crippen LogP contribution < -0.4 is 5.69 Å². The highest BCUT2D eigenvalue weighted by molar-refractivity contribution is 6.32. The second-order valence-electron chi connectivity index (χ2n) is 8.49. The van der Waals surface area contributed by atoms with E-state index in [1.807, 2.05) is 23.6 Å². The zero-order valence-corrected chi connectivity index (χ0v) is 19.0. The number of H-pyrrole nitrogens is 1. The highest BCUT2D eigenvalue weighted by Gasteiger charge is 2.30. The number of aromatic amines is 1. The van der Waals surface area contributed by atoms with Crippen LogP contribution in [0.4, 0.5) is 0 Å². The van der Waals surface area contributed by atoms with Crippen molar-refractivity contribution in [3.8, 4) is 0 Å². The van der Waals surface area contributed by atoms with E-state index in [-0.39, 0.29) is 24.1 Å². The molecule has 2 fully saturated rings. The Bertz CT molecular complexity index is 863. The number of benzene rings is 1. The van der Waals surface area contributed by atoms with E-state index >= 15 is 0 Å². The van der Waals surface area contributed by atoms with Gasteiger partial charge in [0.1, 0.15) is 0 Å². The van der Waals surface area contributed by atoms with Gasteiger partial charge in [-0.15, -0.1) is 12.4 Å². The maximum Gasteiger partial charge on any atom is 0.326 e. The van der Waals surface area contributed by atoms with Crippen LogP contribution in [-0.4, -0.2) is 46.3 Å². The highest BCUT2D eigenvalue weighted by atomic mass is 35.5. The summed E-state index contributed by atoms with van der Waals surface area (Å²) < 4.78 is 7.90. The summed E-state index contributed by atoms with van der Waals surface area (Å²) in [4.78, 5) is 18.2. The van der Waals surface area contributed by atoms with Gasteiger partial charge in [-0.25, -0.2) is 4.79 Å². The van der Waals surface area contributed by atoms with Crippen LogP contribution in [0.5, 0.6) is 0 Å². The highest BCUT2D eigenvalue weighted by Crippen LogP contribution is 2.31. The van der Waals surface area contributed by atoms with Crippen molar-refractivity contribution in [2.75, 3.05) is 19.7 Å². The third-order valence-electron chi connectivity index (χ3n) is 6.58. The van der Waals surface area contributed by atoms with Gasteiger partial charge in [-0.05, 0) is 69.6 Å². The molecule has 1 N–H and O–H groups in total. The minimum absolute atomic E-state index is 0. The third kappa shape index (κ3) is 4.84. The van der Waals surface area contributed by atoms with Crippen molar-refractivity contribution in [2.45, 2.75) is 77.0 Å². The second-order valence-corrected chi connectivity index (χ2v) is 8.89. The molecule has 0 unspecified atom stereocenters. The lowest BCUT2D eigenvalue weighted by atomic mass is 9.90. The van der Waals surface area contributed by atoms with Gasteiger partial charge in [0.05, 0.1) is 17.1 Å². The molecule has 0 radical (unpaired) electrons. The summed E-state index contributed by atoms with van der Waals surface area (Å²) in [6, 6.07) is 4.86. The van der Waals surface area contributed by atoms with E-state index in [1.165, 1.54) is 25.7 Å². The number of ether oxygens (including phenoxy) is 1. The lowest BCUT2D eigenvalue weighted by molar-refractivity contribution is 0.00254. The first-order valence-corrected chi connectivity index (χ1v) is 11.2. The van der Waals surface area contributed by atoms with Crippen LogP contribution >= 0.6 is 24.0 Å². The molecule has 0 atom stereocenters. The van der Waals surface area contributed by atoms with E-state index in [1.54, 1.807) is 0 Å². The Hall–Kier alpha value is -1.01. The molecule has 1 aliphatic carbocycles. The number of hydrogen-bond acceptors (Lipinski definition) is 3. The van der Waals surface area contributed by atoms with Gasteiger partial charge >= 0.3 is 5.69 Å². The number of likely N-dealkylation sites (tertiary alicyclic amines) is 1. The van der Waals surface area contributed by atoms with Gasteiger partial charge in [0.25, 0.3) is 0 Å². The smallest absolute Gasteiger partial charge is 0.326 e. The van der Waals surface area contributed by atoms with Crippen LogP contribution in [0.1, 0.15) is 63.5 Å². The molecule has 0 spiro atoms. The number of nitrogens with zero attached hydrogens (tertiary/aromatic N) is 2. The Morgan fingerprint density at radius 1 is 1.10 bits per heavy atom. The molecule has 1 saturated heterocycles. The third-order valence-corrected chi connectivity index (χ3v) is 6.99. The van der Waals surface area contributed by atoms with Crippen molar-refractivity contribution in [3.63, 3.8) is 0 Å². The van der Waals surface area contributed by atoms with Crippen molar-refractivity contribution in [3.05, 3.63) is 33.2 Å². The van der Waals surface area contributed by atoms with Gasteiger partial charge in [-0.1, -0.05) is 18.5 Å². The number of halogens is 2. The van der Waals surface area contributed by atoms with Gasteiger partial charge in [0, 0.05) is 36.8 Å². The Morgan fingerprint density at radius 3 is 2.45 bits per heavy atom. The van der Waals surface area contributed by atoms with Gasteiger partial charge in [-0.2, -0.15) is 0 Å². The largest absolute Gasteiger partial charge is 0.378 e. The molecule has 2 aromatic rings. The summed E-state index contributed by atoms with van der Waals surface area (Å²) >= 11 is 6.23. The molecule has 2 aliphatic rings. The molecule has 1 aliphatic heterocycles. The molecular formula is C22H33Cl2N3O2. The van der Waals surface area contributed by atoms with E-state index in [4.69, 9.17) is 16.3 Å². The first-order valence-electron chi connectivity index (χ1n) is 10.8. The number of piperidine rings is 1. The number of nitrogens with one attached hydrogen (secondary N) is 1. The maximum absolute atomic E-state index is 12.6. The molecular weight excluding hydrogens is 409 g/mol. The zero-order valence-electron chi connectivity index (χ0n) is 17.5. The summed E-state index contributed by atoms with van der Waals surface area (Å²) in [5, 5.41) is 0.703. The number of aryl methyl sites for hydroxylation is 1. The van der Waals surface area contributed by atoms with Gasteiger partial charge in [-0.3, -0.25) is 4.57 Å². The predicted octanol–water partition coefficient (Wildman–Crippen LogP) is 5.09. The van der Waals surface area contributed by atoms with E-state index < -0.39 is 0 Å². The van der Waals surface area contributed by atoms with Crippen molar-refractivity contribution in [2.24, 2.45) is 0 Å². The lowest BCUT2D eigenvalue weighted by Crippen LogP contribution is -2.45. The zero-order chi connectivity index (χ0) is 19.7. The van der Waals surface area contributed by atoms with Gasteiger partial charge in [0.15, 0.2) is 0 Å². The quantitative estimate of drug-likeness (QED) is 0.702. The molecule has 5 nitrogen and oxygen atoms in total. The number of imidazole rings is 1. The Balaban J connectivity index is 0.00000240. The SMILES string of the molecule is CCCO[C@H]1CC[C@@H](N2CCC(n3c(=O)[nH]c4cc(Cl)c(C)cc43)CC2)CC1.Cl. The minimum Gasteiger partial charge on any atom is -0.378 e. The van der Waals surface area contributed by atoms with E-state index in [0.29, 0.717) is 17.2 Å². The molecule has 1 aromatic carbocycles. The monoisotopic (exact) mass is 441 g/mol. The fourth-order valence-corrected chi connectivity index (χ4v) is 5.15. The fourth-order valence-electron chi connectivity index (χ4n) is 4.98. The Morgan fingerprint density at radius 2 is 1.79 bits per heavy atom. The Kier molecular flexibility index (Phi) is 7.71. The molecule has 1 aromatic heterocycles. The molecule has 4 rings (SSSR count). The van der Waals surface area contributed by atoms with Crippen molar-refractivity contribution >= 4 is 35.0 Å². The van der Waals surface area contributed by atoms with Crippen molar-refractivity contribution in [1.82, 2.24) is 14.5 Å². The standard InChI is InChI=1S/C22H32ClN3O2.ClH/c1-3-12-28-18-6-4-16(5-7-18)25-10-8-17(9-11-25)26-21-13-15(2)19(23)14-20(21)24-22(26)27;/h13-14,16-18H,3-12H2,1-2H3,(H,24,27);1H/t16-,18+;. The topological polar surface area (TPSA) is 50.3 Å². The van der Waals surface area contributed by atoms with Crippen molar-refractivity contribution < 1.29 is 4.74 Å². The molecule has 7 heteroatoms. The second kappa shape index (κ2) is 9.86. The molecule has 1 saturated carbocycles. The van der Waals surface area contributed by atoms with Crippen molar-refractivity contribution in [1.29, 1.82) is 0 Å². The van der Waals surface area contributed by atoms with E-state index in [0.717, 1.165) is 55.6 Å². The van der Waals surface area contributed by atoms with Crippen LogP contribution in [0, 0.1) is 6.92 Å². The molecule has 0 bridgehead atoms. The molecule has 2 heterocycles. The van der Waals surface area contributed by atoms with Gasteiger partial charge < -0.3 is 14.6 Å². The normalized spacial score (nSPS) is 24.0. The minimum atomic E-state index is -0.0105. The summed E-state index contributed by atoms with van der Waals surface area (Å²) in [5.74, 6) is 0. The molecule has 162 valence electrons. The number of rotatable bonds is 5. The summed E-state index contributed by atoms with van der Waals surface area (Å²) in [7, 11) is 0. The number of aromatic nitrogens is 2. The number of fused-ring (bicyclic) bond motifs is 1. The van der Waals surface area contributed by atoms with E-state index in [9.17, 15) is 4.79 Å². The lowest BCUT2D eigenvalue weighted by Gasteiger charge is -2.41. The average Bonchev–Trinajstić information content (AvgIpc) is 3.02. The average molecular weight is 442 g/mol. The van der Waals surface area contributed by atoms with Crippen LogP contribution in [0.25, 0.3) is 11.0 Å². The van der Waals surface area contributed by atoms with Crippen LogP contribution in [0.3, 0.4) is 0 Å². The van der Waals surface area contributed by atoms with E-state index in [2.05, 4.69) is 16.8 Å². The summed E-state index contributed by atoms with van der Waals surface area (Å²) in [5.41, 5.74) is 2.83. The maximum atomic E-state index is 12.6. The number of hydrogen-bond donors (Lipinski definition) is 1. The van der Waals surface area contributed by atoms with Crippen LogP contribution in [0.15, 0.2) is 16.9 Å². The summed E-state index contributed by atoms with van der Waals surface area (Å²) in [6.45, 7) is 7.20. The van der Waals surface area contributed by atoms with Gasteiger partial charge in [0.2, 0.25) is 0 Å². The molecule has 0 amide bonds. The first-order chi connectivity index (χ1) is 13.6. The van der Waals surface area contributed by atoms with Crippen LogP contribution in [-0.2, 0) is 4.74 Å². The fraction of sp³-hybridized carbons (Fsp3) is 0.682. The Labute approximate surface area is 184 Å². The first kappa shape index (κ1) is 22.7.